The van der Waals surface area contributed by atoms with Crippen molar-refractivity contribution in [2.75, 3.05) is 17.7 Å². The van der Waals surface area contributed by atoms with E-state index in [0.717, 1.165) is 11.4 Å². The van der Waals surface area contributed by atoms with Crippen molar-refractivity contribution in [2.45, 2.75) is 0 Å². The summed E-state index contributed by atoms with van der Waals surface area (Å²) in [5, 5.41) is 7.38. The van der Waals surface area contributed by atoms with Crippen LogP contribution in [0.4, 0.5) is 23.1 Å². The van der Waals surface area contributed by atoms with Crippen molar-refractivity contribution in [3.05, 3.63) is 64.8 Å². The first kappa shape index (κ1) is 16.4. The molecule has 0 bridgehead atoms. The van der Waals surface area contributed by atoms with Crippen LogP contribution in [0.25, 0.3) is 0 Å². The van der Waals surface area contributed by atoms with Gasteiger partial charge in [-0.3, -0.25) is 0 Å². The number of benzene rings is 2. The molecule has 2 N–H and O–H groups in total. The fourth-order valence-corrected chi connectivity index (χ4v) is 2.36. The van der Waals surface area contributed by atoms with E-state index in [1.165, 1.54) is 0 Å². The molecule has 0 radical (unpaired) electrons. The Bertz CT molecular complexity index is 840. The molecule has 0 fully saturated rings. The molecule has 0 aliphatic heterocycles. The highest BCUT2D eigenvalue weighted by atomic mass is 35.5. The number of rotatable bonds is 5. The number of methoxy groups -OCH3 is 1. The number of anilines is 4. The quantitative estimate of drug-likeness (QED) is 0.648. The first-order chi connectivity index (χ1) is 11.6. The SMILES string of the molecule is COc1ccc(Nc2ccnc(Nc3cc(Cl)ccc3Cl)n2)cc1. The second-order valence-corrected chi connectivity index (χ2v) is 5.71. The minimum Gasteiger partial charge on any atom is -0.497 e. The molecule has 3 aromatic rings. The van der Waals surface area contributed by atoms with Crippen LogP contribution in [0.1, 0.15) is 0 Å². The minimum atomic E-state index is 0.415. The van der Waals surface area contributed by atoms with Crippen LogP contribution >= 0.6 is 23.2 Å². The van der Waals surface area contributed by atoms with Crippen LogP contribution in [0.5, 0.6) is 5.75 Å². The van der Waals surface area contributed by atoms with Gasteiger partial charge in [-0.05, 0) is 48.5 Å². The van der Waals surface area contributed by atoms with Gasteiger partial charge in [0.2, 0.25) is 5.95 Å². The molecular formula is C17H14Cl2N4O. The van der Waals surface area contributed by atoms with E-state index in [4.69, 9.17) is 27.9 Å². The Morgan fingerprint density at radius 3 is 2.50 bits per heavy atom. The maximum absolute atomic E-state index is 6.14. The molecule has 0 saturated heterocycles. The number of halogens is 2. The second kappa shape index (κ2) is 7.38. The zero-order chi connectivity index (χ0) is 16.9. The molecule has 0 atom stereocenters. The molecule has 0 spiro atoms. The van der Waals surface area contributed by atoms with Crippen molar-refractivity contribution in [1.82, 2.24) is 9.97 Å². The molecule has 1 aromatic heterocycles. The van der Waals surface area contributed by atoms with E-state index < -0.39 is 0 Å². The number of nitrogens with zero attached hydrogens (tertiary/aromatic N) is 2. The first-order valence-electron chi connectivity index (χ1n) is 7.10. The third kappa shape index (κ3) is 4.07. The van der Waals surface area contributed by atoms with E-state index >= 15 is 0 Å². The molecule has 24 heavy (non-hydrogen) atoms. The third-order valence-corrected chi connectivity index (χ3v) is 3.76. The molecular weight excluding hydrogens is 347 g/mol. The second-order valence-electron chi connectivity index (χ2n) is 4.87. The van der Waals surface area contributed by atoms with Crippen molar-refractivity contribution in [3.8, 4) is 5.75 Å². The van der Waals surface area contributed by atoms with Crippen molar-refractivity contribution in [1.29, 1.82) is 0 Å². The summed E-state index contributed by atoms with van der Waals surface area (Å²) < 4.78 is 5.14. The Hall–Kier alpha value is -2.50. The highest BCUT2D eigenvalue weighted by Crippen LogP contribution is 2.27. The summed E-state index contributed by atoms with van der Waals surface area (Å²) in [6.07, 6.45) is 1.65. The van der Waals surface area contributed by atoms with E-state index in [0.29, 0.717) is 27.5 Å². The maximum Gasteiger partial charge on any atom is 0.229 e. The van der Waals surface area contributed by atoms with Gasteiger partial charge in [-0.1, -0.05) is 23.2 Å². The number of nitrogens with one attached hydrogen (secondary N) is 2. The van der Waals surface area contributed by atoms with Gasteiger partial charge in [0.1, 0.15) is 11.6 Å². The highest BCUT2D eigenvalue weighted by molar-refractivity contribution is 6.35. The lowest BCUT2D eigenvalue weighted by atomic mass is 10.3. The third-order valence-electron chi connectivity index (χ3n) is 3.19. The Morgan fingerprint density at radius 1 is 0.958 bits per heavy atom. The van der Waals surface area contributed by atoms with Crippen LogP contribution in [-0.4, -0.2) is 17.1 Å². The molecule has 5 nitrogen and oxygen atoms in total. The Labute approximate surface area is 149 Å². The predicted octanol–water partition coefficient (Wildman–Crippen LogP) is 5.28. The molecule has 0 aliphatic rings. The Kier molecular flexibility index (Phi) is 5.03. The largest absolute Gasteiger partial charge is 0.497 e. The first-order valence-corrected chi connectivity index (χ1v) is 7.86. The summed E-state index contributed by atoms with van der Waals surface area (Å²) in [6.45, 7) is 0. The monoisotopic (exact) mass is 360 g/mol. The van der Waals surface area contributed by atoms with Gasteiger partial charge in [0, 0.05) is 16.9 Å². The van der Waals surface area contributed by atoms with E-state index in [2.05, 4.69) is 20.6 Å². The molecule has 7 heteroatoms. The van der Waals surface area contributed by atoms with Crippen molar-refractivity contribution >= 4 is 46.3 Å². The molecule has 3 rings (SSSR count). The number of hydrogen-bond acceptors (Lipinski definition) is 5. The highest BCUT2D eigenvalue weighted by Gasteiger charge is 2.05. The van der Waals surface area contributed by atoms with Crippen molar-refractivity contribution in [3.63, 3.8) is 0 Å². The lowest BCUT2D eigenvalue weighted by molar-refractivity contribution is 0.415. The van der Waals surface area contributed by atoms with Gasteiger partial charge in [0.05, 0.1) is 17.8 Å². The average Bonchev–Trinajstić information content (AvgIpc) is 2.59. The maximum atomic E-state index is 6.14. The van der Waals surface area contributed by atoms with Gasteiger partial charge < -0.3 is 15.4 Å². The number of hydrogen-bond donors (Lipinski definition) is 2. The zero-order valence-electron chi connectivity index (χ0n) is 12.8. The molecule has 1 heterocycles. The van der Waals surface area contributed by atoms with E-state index in [1.807, 2.05) is 24.3 Å². The Morgan fingerprint density at radius 2 is 1.75 bits per heavy atom. The van der Waals surface area contributed by atoms with Crippen LogP contribution in [0.2, 0.25) is 10.0 Å². The smallest absolute Gasteiger partial charge is 0.229 e. The normalized spacial score (nSPS) is 10.3. The lowest BCUT2D eigenvalue weighted by Crippen LogP contribution is -2.00. The van der Waals surface area contributed by atoms with Crippen LogP contribution < -0.4 is 15.4 Å². The van der Waals surface area contributed by atoms with Gasteiger partial charge in [-0.15, -0.1) is 0 Å². The van der Waals surface area contributed by atoms with Crippen LogP contribution in [0.15, 0.2) is 54.7 Å². The van der Waals surface area contributed by atoms with Crippen LogP contribution in [0.3, 0.4) is 0 Å². The fraction of sp³-hybridized carbons (Fsp3) is 0.0588. The van der Waals surface area contributed by atoms with Gasteiger partial charge >= 0.3 is 0 Å². The topological polar surface area (TPSA) is 59.1 Å². The summed E-state index contributed by atoms with van der Waals surface area (Å²) in [7, 11) is 1.63. The molecule has 122 valence electrons. The van der Waals surface area contributed by atoms with Gasteiger partial charge in [0.25, 0.3) is 0 Å². The van der Waals surface area contributed by atoms with Crippen LogP contribution in [-0.2, 0) is 0 Å². The molecule has 0 unspecified atom stereocenters. The average molecular weight is 361 g/mol. The summed E-state index contributed by atoms with van der Waals surface area (Å²) in [5.41, 5.74) is 1.53. The summed E-state index contributed by atoms with van der Waals surface area (Å²) in [6, 6.07) is 14.5. The summed E-state index contributed by atoms with van der Waals surface area (Å²) in [5.74, 6) is 1.86. The van der Waals surface area contributed by atoms with Crippen LogP contribution in [0, 0.1) is 0 Å². The van der Waals surface area contributed by atoms with Crippen molar-refractivity contribution < 1.29 is 4.74 Å². The summed E-state index contributed by atoms with van der Waals surface area (Å²) >= 11 is 12.1. The summed E-state index contributed by atoms with van der Waals surface area (Å²) in [4.78, 5) is 8.60. The predicted molar refractivity (Wildman–Crippen MR) is 98.1 cm³/mol. The van der Waals surface area contributed by atoms with Gasteiger partial charge in [-0.25, -0.2) is 4.98 Å². The molecule has 0 aliphatic carbocycles. The Balaban J connectivity index is 1.77. The van der Waals surface area contributed by atoms with E-state index in [-0.39, 0.29) is 0 Å². The van der Waals surface area contributed by atoms with Gasteiger partial charge in [-0.2, -0.15) is 4.98 Å². The lowest BCUT2D eigenvalue weighted by Gasteiger charge is -2.10. The van der Waals surface area contributed by atoms with E-state index in [9.17, 15) is 0 Å². The standard InChI is InChI=1S/C17H14Cl2N4O/c1-24-13-5-3-12(4-6-13)21-16-8-9-20-17(23-16)22-15-10-11(18)2-7-14(15)19/h2-10H,1H3,(H2,20,21,22,23). The number of aromatic nitrogens is 2. The molecule has 0 amide bonds. The minimum absolute atomic E-state index is 0.415. The van der Waals surface area contributed by atoms with Gasteiger partial charge in [0.15, 0.2) is 0 Å². The van der Waals surface area contributed by atoms with Crippen molar-refractivity contribution in [2.24, 2.45) is 0 Å². The molecule has 0 saturated carbocycles. The molecule has 2 aromatic carbocycles. The fourth-order valence-electron chi connectivity index (χ4n) is 2.02. The van der Waals surface area contributed by atoms with E-state index in [1.54, 1.807) is 37.6 Å². The zero-order valence-corrected chi connectivity index (χ0v) is 14.3. The number of ether oxygens (including phenoxy) is 1.